The normalized spacial score (nSPS) is 11.8. The second-order valence-corrected chi connectivity index (χ2v) is 8.06. The molecule has 1 N–H and O–H groups in total. The third-order valence-corrected chi connectivity index (χ3v) is 5.61. The molecule has 24 heavy (non-hydrogen) atoms. The third kappa shape index (κ3) is 3.46. The van der Waals surface area contributed by atoms with Gasteiger partial charge in [0.2, 0.25) is 10.0 Å². The van der Waals surface area contributed by atoms with Crippen molar-refractivity contribution in [2.24, 2.45) is 0 Å². The molecule has 0 amide bonds. The van der Waals surface area contributed by atoms with Crippen LogP contribution in [0.2, 0.25) is 5.02 Å². The first kappa shape index (κ1) is 17.0. The van der Waals surface area contributed by atoms with Crippen LogP contribution in [0.15, 0.2) is 59.5 Å². The van der Waals surface area contributed by atoms with Gasteiger partial charge >= 0.3 is 0 Å². The highest BCUT2D eigenvalue weighted by molar-refractivity contribution is 7.89. The maximum absolute atomic E-state index is 12.8. The Morgan fingerprint density at radius 3 is 2.25 bits per heavy atom. The second-order valence-electron chi connectivity index (χ2n) is 5.91. The van der Waals surface area contributed by atoms with Crippen molar-refractivity contribution < 1.29 is 8.42 Å². The average Bonchev–Trinajstić information content (AvgIpc) is 2.52. The van der Waals surface area contributed by atoms with E-state index in [2.05, 4.69) is 10.8 Å². The van der Waals surface area contributed by atoms with Crippen LogP contribution in [0.1, 0.15) is 16.7 Å². The van der Waals surface area contributed by atoms with Gasteiger partial charge in [-0.2, -0.15) is 0 Å². The molecule has 3 nitrogen and oxygen atoms in total. The molecule has 0 atom stereocenters. The van der Waals surface area contributed by atoms with E-state index in [0.29, 0.717) is 10.4 Å². The molecule has 0 aliphatic carbocycles. The van der Waals surface area contributed by atoms with E-state index in [0.717, 1.165) is 22.1 Å². The lowest BCUT2D eigenvalue weighted by molar-refractivity contribution is 0.582. The average molecular weight is 360 g/mol. The summed E-state index contributed by atoms with van der Waals surface area (Å²) in [6.45, 7) is 4.23. The van der Waals surface area contributed by atoms with Gasteiger partial charge in [0.15, 0.2) is 0 Å². The van der Waals surface area contributed by atoms with Crippen LogP contribution < -0.4 is 4.72 Å². The minimum Gasteiger partial charge on any atom is -0.207 e. The fourth-order valence-electron chi connectivity index (χ4n) is 2.91. The van der Waals surface area contributed by atoms with Crippen LogP contribution in [-0.2, 0) is 16.6 Å². The Bertz CT molecular complexity index is 988. The Kier molecular flexibility index (Phi) is 4.63. The van der Waals surface area contributed by atoms with Crippen LogP contribution in [0, 0.1) is 13.8 Å². The van der Waals surface area contributed by atoms with Crippen molar-refractivity contribution in [1.82, 2.24) is 4.72 Å². The number of aryl methyl sites for hydroxylation is 2. The van der Waals surface area contributed by atoms with Gasteiger partial charge in [-0.3, -0.25) is 0 Å². The largest absolute Gasteiger partial charge is 0.241 e. The molecule has 0 spiro atoms. The number of hydrogen-bond acceptors (Lipinski definition) is 2. The zero-order valence-electron chi connectivity index (χ0n) is 13.5. The van der Waals surface area contributed by atoms with Gasteiger partial charge in [0, 0.05) is 17.0 Å². The number of benzene rings is 3. The van der Waals surface area contributed by atoms with Gasteiger partial charge in [0.25, 0.3) is 0 Å². The van der Waals surface area contributed by atoms with Crippen LogP contribution in [0.25, 0.3) is 10.8 Å². The van der Waals surface area contributed by atoms with Crippen LogP contribution in [-0.4, -0.2) is 8.42 Å². The molecule has 124 valence electrons. The van der Waals surface area contributed by atoms with Gasteiger partial charge in [0.1, 0.15) is 0 Å². The highest BCUT2D eigenvalue weighted by atomic mass is 35.5. The molecule has 0 bridgehead atoms. The topological polar surface area (TPSA) is 46.2 Å². The Morgan fingerprint density at radius 1 is 0.958 bits per heavy atom. The number of sulfonamides is 1. The molecule has 0 saturated carbocycles. The van der Waals surface area contributed by atoms with Crippen molar-refractivity contribution in [3.05, 3.63) is 76.3 Å². The molecule has 0 saturated heterocycles. The van der Waals surface area contributed by atoms with Gasteiger partial charge in [-0.25, -0.2) is 13.1 Å². The van der Waals surface area contributed by atoms with E-state index in [-0.39, 0.29) is 11.4 Å². The van der Waals surface area contributed by atoms with Crippen molar-refractivity contribution in [2.75, 3.05) is 0 Å². The summed E-state index contributed by atoms with van der Waals surface area (Å²) in [4.78, 5) is 0.204. The molecule has 3 aromatic rings. The van der Waals surface area contributed by atoms with Crippen molar-refractivity contribution >= 4 is 32.4 Å². The number of nitrogens with one attached hydrogen (secondary N) is 1. The Morgan fingerprint density at radius 2 is 1.58 bits per heavy atom. The molecule has 0 heterocycles. The lowest BCUT2D eigenvalue weighted by Gasteiger charge is -2.11. The highest BCUT2D eigenvalue weighted by Gasteiger charge is 2.18. The maximum atomic E-state index is 12.8. The Labute approximate surface area is 147 Å². The first-order valence-corrected chi connectivity index (χ1v) is 9.47. The zero-order valence-corrected chi connectivity index (χ0v) is 15.1. The summed E-state index contributed by atoms with van der Waals surface area (Å²) < 4.78 is 28.2. The number of fused-ring (bicyclic) bond motifs is 1. The van der Waals surface area contributed by atoms with Gasteiger partial charge in [-0.05, 0) is 36.9 Å². The summed E-state index contributed by atoms with van der Waals surface area (Å²) in [7, 11) is -3.67. The van der Waals surface area contributed by atoms with Crippen LogP contribution in [0.4, 0.5) is 0 Å². The van der Waals surface area contributed by atoms with E-state index < -0.39 is 10.0 Å². The van der Waals surface area contributed by atoms with Crippen molar-refractivity contribution in [1.29, 1.82) is 0 Å². The van der Waals surface area contributed by atoms with Crippen molar-refractivity contribution in [3.63, 3.8) is 0 Å². The molecule has 3 rings (SSSR count). The minimum atomic E-state index is -3.67. The molecular weight excluding hydrogens is 342 g/mol. The summed E-state index contributed by atoms with van der Waals surface area (Å²) in [5, 5.41) is 1.78. The first-order chi connectivity index (χ1) is 11.4. The molecule has 0 aliphatic heterocycles. The lowest BCUT2D eigenvalue weighted by atomic mass is 10.1. The fraction of sp³-hybridized carbons (Fsp3) is 0.158. The van der Waals surface area contributed by atoms with Gasteiger partial charge in [0.05, 0.1) is 4.90 Å². The second kappa shape index (κ2) is 6.55. The van der Waals surface area contributed by atoms with Crippen LogP contribution in [0.3, 0.4) is 0 Å². The molecule has 3 aromatic carbocycles. The maximum Gasteiger partial charge on any atom is 0.241 e. The van der Waals surface area contributed by atoms with E-state index in [1.165, 1.54) is 0 Å². The molecule has 0 aliphatic rings. The fourth-order valence-corrected chi connectivity index (χ4v) is 4.52. The number of halogens is 1. The van der Waals surface area contributed by atoms with E-state index in [9.17, 15) is 8.42 Å². The van der Waals surface area contributed by atoms with Crippen molar-refractivity contribution in [3.8, 4) is 0 Å². The summed E-state index contributed by atoms with van der Waals surface area (Å²) in [6.07, 6.45) is 0. The zero-order chi connectivity index (χ0) is 17.3. The third-order valence-electron chi connectivity index (χ3n) is 3.85. The predicted octanol–water partition coefficient (Wildman–Crippen LogP) is 4.59. The van der Waals surface area contributed by atoms with Crippen LogP contribution in [0.5, 0.6) is 0 Å². The Hall–Kier alpha value is -1.88. The van der Waals surface area contributed by atoms with Gasteiger partial charge in [-0.1, -0.05) is 65.2 Å². The standard InChI is InChI=1S/C19H18ClNO2S/c1-13-9-14(2)11-15(10-13)12-21-24(22,23)18-8-4-6-16-5-3-7-17(20)19(16)18/h3-11,21H,12H2,1-2H3. The minimum absolute atomic E-state index is 0.204. The van der Waals surface area contributed by atoms with E-state index in [4.69, 9.17) is 11.6 Å². The van der Waals surface area contributed by atoms with Gasteiger partial charge in [-0.15, -0.1) is 0 Å². The highest BCUT2D eigenvalue weighted by Crippen LogP contribution is 2.29. The quantitative estimate of drug-likeness (QED) is 0.740. The Balaban J connectivity index is 1.97. The molecule has 5 heteroatoms. The number of hydrogen-bond donors (Lipinski definition) is 1. The summed E-state index contributed by atoms with van der Waals surface area (Å²) in [5.74, 6) is 0. The smallest absolute Gasteiger partial charge is 0.207 e. The molecule has 0 fully saturated rings. The monoisotopic (exact) mass is 359 g/mol. The van der Waals surface area contributed by atoms with Crippen LogP contribution >= 0.6 is 11.6 Å². The number of rotatable bonds is 4. The summed E-state index contributed by atoms with van der Waals surface area (Å²) >= 11 is 6.23. The molecule has 0 radical (unpaired) electrons. The van der Waals surface area contributed by atoms with E-state index >= 15 is 0 Å². The first-order valence-electron chi connectivity index (χ1n) is 7.61. The molecular formula is C19H18ClNO2S. The van der Waals surface area contributed by atoms with Crippen molar-refractivity contribution in [2.45, 2.75) is 25.3 Å². The van der Waals surface area contributed by atoms with E-state index in [1.54, 1.807) is 18.2 Å². The predicted molar refractivity (Wildman–Crippen MR) is 98.9 cm³/mol. The van der Waals surface area contributed by atoms with E-state index in [1.807, 2.05) is 44.2 Å². The summed E-state index contributed by atoms with van der Waals surface area (Å²) in [6, 6.07) is 16.5. The SMILES string of the molecule is Cc1cc(C)cc(CNS(=O)(=O)c2cccc3cccc(Cl)c23)c1. The lowest BCUT2D eigenvalue weighted by Crippen LogP contribution is -2.23. The molecule has 0 unspecified atom stereocenters. The summed E-state index contributed by atoms with van der Waals surface area (Å²) in [5.41, 5.74) is 3.15. The molecule has 0 aromatic heterocycles. The van der Waals surface area contributed by atoms with Gasteiger partial charge < -0.3 is 0 Å².